The van der Waals surface area contributed by atoms with Gasteiger partial charge in [-0.05, 0) is 18.2 Å². The molecule has 1 amide bonds. The van der Waals surface area contributed by atoms with Crippen LogP contribution in [-0.4, -0.2) is 48.7 Å². The number of nitrogen functional groups attached to an aromatic ring is 1. The van der Waals surface area contributed by atoms with Gasteiger partial charge < -0.3 is 25.7 Å². The van der Waals surface area contributed by atoms with E-state index in [0.29, 0.717) is 31.4 Å². The molecule has 1 unspecified atom stereocenters. The van der Waals surface area contributed by atoms with Crippen LogP contribution in [0.4, 0.5) is 11.6 Å². The number of nitrogens with zero attached hydrogens (tertiary/aromatic N) is 2. The number of aromatic nitrogens is 2. The Bertz CT molecular complexity index is 639. The summed E-state index contributed by atoms with van der Waals surface area (Å²) < 4.78 is 5.39. The van der Waals surface area contributed by atoms with Gasteiger partial charge >= 0.3 is 0 Å². The fraction of sp³-hybridized carbons (Fsp3) is 0.385. The lowest BCUT2D eigenvalue weighted by molar-refractivity contribution is -0.124. The summed E-state index contributed by atoms with van der Waals surface area (Å²) in [6, 6.07) is 5.13. The Labute approximate surface area is 116 Å². The zero-order valence-corrected chi connectivity index (χ0v) is 11.2. The van der Waals surface area contributed by atoms with Gasteiger partial charge in [-0.1, -0.05) is 0 Å². The molecule has 1 saturated heterocycles. The van der Waals surface area contributed by atoms with E-state index in [1.165, 1.54) is 0 Å². The van der Waals surface area contributed by atoms with E-state index in [0.717, 1.165) is 11.0 Å². The van der Waals surface area contributed by atoms with Gasteiger partial charge in [0, 0.05) is 19.3 Å². The zero-order chi connectivity index (χ0) is 14.1. The van der Waals surface area contributed by atoms with E-state index >= 15 is 0 Å². The summed E-state index contributed by atoms with van der Waals surface area (Å²) >= 11 is 0. The molecular formula is C13H17N5O2. The number of carbonyl (C=O) groups is 1. The van der Waals surface area contributed by atoms with Crippen molar-refractivity contribution in [1.82, 2.24) is 15.3 Å². The highest BCUT2D eigenvalue weighted by atomic mass is 16.5. The Morgan fingerprint density at radius 1 is 1.60 bits per heavy atom. The molecule has 2 heterocycles. The molecule has 1 aliphatic heterocycles. The highest BCUT2D eigenvalue weighted by Gasteiger charge is 2.30. The summed E-state index contributed by atoms with van der Waals surface area (Å²) in [7, 11) is 1.62. The minimum absolute atomic E-state index is 0.0790. The summed E-state index contributed by atoms with van der Waals surface area (Å²) in [6.45, 7) is 1.55. The first-order valence-corrected chi connectivity index (χ1v) is 6.50. The third kappa shape index (κ3) is 2.16. The Kier molecular flexibility index (Phi) is 3.19. The van der Waals surface area contributed by atoms with Gasteiger partial charge in [0.25, 0.3) is 0 Å². The number of anilines is 2. The first kappa shape index (κ1) is 12.7. The molecule has 0 saturated carbocycles. The van der Waals surface area contributed by atoms with Gasteiger partial charge in [0.15, 0.2) is 0 Å². The molecule has 0 spiro atoms. The number of fused-ring (bicyclic) bond motifs is 1. The predicted molar refractivity (Wildman–Crippen MR) is 76.5 cm³/mol. The van der Waals surface area contributed by atoms with Gasteiger partial charge in [0.2, 0.25) is 11.9 Å². The number of hydrogen-bond acceptors (Lipinski definition) is 5. The molecule has 106 valence electrons. The van der Waals surface area contributed by atoms with Crippen LogP contribution < -0.4 is 16.0 Å². The number of benzene rings is 1. The number of carbonyl (C=O) groups excluding carboxylic acids is 1. The van der Waals surface area contributed by atoms with Crippen molar-refractivity contribution in [3.63, 3.8) is 0 Å². The van der Waals surface area contributed by atoms with Crippen LogP contribution in [0.25, 0.3) is 11.0 Å². The first-order valence-electron chi connectivity index (χ1n) is 6.50. The molecule has 0 aliphatic carbocycles. The topological polar surface area (TPSA) is 96.3 Å². The van der Waals surface area contributed by atoms with E-state index in [1.807, 2.05) is 23.1 Å². The summed E-state index contributed by atoms with van der Waals surface area (Å²) in [5, 5.41) is 2.66. The average Bonchev–Trinajstić information content (AvgIpc) is 2.89. The van der Waals surface area contributed by atoms with Gasteiger partial charge in [-0.2, -0.15) is 0 Å². The van der Waals surface area contributed by atoms with Crippen molar-refractivity contribution in [2.45, 2.75) is 6.04 Å². The van der Waals surface area contributed by atoms with Crippen LogP contribution in [0.1, 0.15) is 0 Å². The molecule has 2 aromatic rings. The van der Waals surface area contributed by atoms with Crippen molar-refractivity contribution >= 4 is 28.6 Å². The SMILES string of the molecule is CNC(=O)C1COCCN1c1nc2ccc(N)cc2[nH]1. The Morgan fingerprint density at radius 2 is 2.45 bits per heavy atom. The molecule has 1 atom stereocenters. The second kappa shape index (κ2) is 5.01. The number of imidazole rings is 1. The number of likely N-dealkylation sites (N-methyl/N-ethyl adjacent to an activating group) is 1. The third-order valence-electron chi connectivity index (χ3n) is 3.44. The van der Waals surface area contributed by atoms with E-state index in [-0.39, 0.29) is 11.9 Å². The highest BCUT2D eigenvalue weighted by molar-refractivity contribution is 5.86. The van der Waals surface area contributed by atoms with Crippen LogP contribution in [0.2, 0.25) is 0 Å². The molecule has 0 radical (unpaired) electrons. The minimum Gasteiger partial charge on any atom is -0.399 e. The molecule has 7 heteroatoms. The third-order valence-corrected chi connectivity index (χ3v) is 3.44. The van der Waals surface area contributed by atoms with Gasteiger partial charge in [-0.15, -0.1) is 0 Å². The van der Waals surface area contributed by atoms with Crippen LogP contribution in [0.15, 0.2) is 18.2 Å². The van der Waals surface area contributed by atoms with Gasteiger partial charge in [-0.25, -0.2) is 4.98 Å². The number of aromatic amines is 1. The predicted octanol–water partition coefficient (Wildman–Crippen LogP) is 0.0963. The lowest BCUT2D eigenvalue weighted by Gasteiger charge is -2.33. The van der Waals surface area contributed by atoms with Gasteiger partial charge in [-0.3, -0.25) is 4.79 Å². The second-order valence-corrected chi connectivity index (χ2v) is 4.74. The Balaban J connectivity index is 1.97. The quantitative estimate of drug-likeness (QED) is 0.675. The lowest BCUT2D eigenvalue weighted by Crippen LogP contribution is -2.53. The maximum atomic E-state index is 11.9. The molecule has 1 aromatic heterocycles. The monoisotopic (exact) mass is 275 g/mol. The number of rotatable bonds is 2. The highest BCUT2D eigenvalue weighted by Crippen LogP contribution is 2.22. The molecule has 1 fully saturated rings. The summed E-state index contributed by atoms with van der Waals surface area (Å²) in [6.07, 6.45) is 0. The first-order chi connectivity index (χ1) is 9.69. The van der Waals surface area contributed by atoms with E-state index in [4.69, 9.17) is 10.5 Å². The standard InChI is InChI=1S/C13H17N5O2/c1-15-12(19)11-7-20-5-4-18(11)13-16-9-3-2-8(14)6-10(9)17-13/h2-3,6,11H,4-5,7,14H2,1H3,(H,15,19)(H,16,17). The molecule has 1 aromatic carbocycles. The number of nitrogens with one attached hydrogen (secondary N) is 2. The van der Waals surface area contributed by atoms with Crippen LogP contribution in [-0.2, 0) is 9.53 Å². The molecule has 3 rings (SSSR count). The Morgan fingerprint density at radius 3 is 3.25 bits per heavy atom. The molecule has 0 bridgehead atoms. The van der Waals surface area contributed by atoms with Crippen molar-refractivity contribution < 1.29 is 9.53 Å². The molecule has 20 heavy (non-hydrogen) atoms. The van der Waals surface area contributed by atoms with Crippen molar-refractivity contribution in [3.05, 3.63) is 18.2 Å². The fourth-order valence-electron chi connectivity index (χ4n) is 2.39. The summed E-state index contributed by atoms with van der Waals surface area (Å²) in [4.78, 5) is 21.6. The average molecular weight is 275 g/mol. The smallest absolute Gasteiger partial charge is 0.244 e. The van der Waals surface area contributed by atoms with Crippen LogP contribution in [0, 0.1) is 0 Å². The van der Waals surface area contributed by atoms with Crippen LogP contribution >= 0.6 is 0 Å². The summed E-state index contributed by atoms with van der Waals surface area (Å²) in [5.41, 5.74) is 8.13. The van der Waals surface area contributed by atoms with Crippen molar-refractivity contribution in [2.75, 3.05) is 37.4 Å². The van der Waals surface area contributed by atoms with Gasteiger partial charge in [0.05, 0.1) is 24.2 Å². The number of hydrogen-bond donors (Lipinski definition) is 3. The Hall–Kier alpha value is -2.28. The summed E-state index contributed by atoms with van der Waals surface area (Å²) in [5.74, 6) is 0.590. The maximum absolute atomic E-state index is 11.9. The fourth-order valence-corrected chi connectivity index (χ4v) is 2.39. The van der Waals surface area contributed by atoms with E-state index < -0.39 is 0 Å². The number of H-pyrrole nitrogens is 1. The number of morpholine rings is 1. The number of ether oxygens (including phenoxy) is 1. The molecule has 1 aliphatic rings. The molecule has 4 N–H and O–H groups in total. The molecular weight excluding hydrogens is 258 g/mol. The maximum Gasteiger partial charge on any atom is 0.244 e. The van der Waals surface area contributed by atoms with Crippen molar-refractivity contribution in [3.8, 4) is 0 Å². The molecule has 7 nitrogen and oxygen atoms in total. The van der Waals surface area contributed by atoms with Crippen LogP contribution in [0.3, 0.4) is 0 Å². The van der Waals surface area contributed by atoms with E-state index in [1.54, 1.807) is 7.05 Å². The largest absolute Gasteiger partial charge is 0.399 e. The lowest BCUT2D eigenvalue weighted by atomic mass is 10.2. The van der Waals surface area contributed by atoms with E-state index in [9.17, 15) is 4.79 Å². The normalized spacial score (nSPS) is 19.2. The minimum atomic E-state index is -0.369. The van der Waals surface area contributed by atoms with Crippen molar-refractivity contribution in [2.24, 2.45) is 0 Å². The van der Waals surface area contributed by atoms with Crippen LogP contribution in [0.5, 0.6) is 0 Å². The number of amides is 1. The van der Waals surface area contributed by atoms with Gasteiger partial charge in [0.1, 0.15) is 6.04 Å². The van der Waals surface area contributed by atoms with Crippen molar-refractivity contribution in [1.29, 1.82) is 0 Å². The zero-order valence-electron chi connectivity index (χ0n) is 11.2. The second-order valence-electron chi connectivity index (χ2n) is 4.74. The number of nitrogens with two attached hydrogens (primary N) is 1. The van der Waals surface area contributed by atoms with E-state index in [2.05, 4.69) is 15.3 Å².